The third kappa shape index (κ3) is 3.98. The average Bonchev–Trinajstić information content (AvgIpc) is 3.70. The summed E-state index contributed by atoms with van der Waals surface area (Å²) in [6.07, 6.45) is 2.65. The molecule has 8 nitrogen and oxygen atoms in total. The molecule has 0 spiro atoms. The maximum Gasteiger partial charge on any atom is 0.322 e. The van der Waals surface area contributed by atoms with Gasteiger partial charge in [-0.3, -0.25) is 0 Å². The fourth-order valence-corrected chi connectivity index (χ4v) is 5.55. The Bertz CT molecular complexity index is 1730. The van der Waals surface area contributed by atoms with Crippen molar-refractivity contribution < 1.29 is 18.7 Å². The number of aryl methyl sites for hydroxylation is 1. The molecule has 2 amide bonds. The predicted octanol–water partition coefficient (Wildman–Crippen LogP) is 6.23. The molecule has 1 atom stereocenters. The van der Waals surface area contributed by atoms with Gasteiger partial charge < -0.3 is 24.3 Å². The van der Waals surface area contributed by atoms with E-state index in [9.17, 15) is 9.18 Å². The first-order valence-electron chi connectivity index (χ1n) is 13.2. The molecule has 2 aliphatic heterocycles. The van der Waals surface area contributed by atoms with Crippen molar-refractivity contribution in [2.45, 2.75) is 25.9 Å². The summed E-state index contributed by atoms with van der Waals surface area (Å²) in [6.45, 7) is 2.47. The minimum absolute atomic E-state index is 0.144. The van der Waals surface area contributed by atoms with Crippen LogP contribution in [0.1, 0.15) is 35.5 Å². The van der Waals surface area contributed by atoms with Gasteiger partial charge in [0.2, 0.25) is 6.79 Å². The first kappa shape index (κ1) is 24.0. The summed E-state index contributed by atoms with van der Waals surface area (Å²) in [6, 6.07) is 24.7. The molecule has 7 rings (SSSR count). The third-order valence-electron chi connectivity index (χ3n) is 7.35. The molecule has 0 saturated carbocycles. The Morgan fingerprint density at radius 3 is 2.67 bits per heavy atom. The van der Waals surface area contributed by atoms with Crippen LogP contribution in [-0.4, -0.2) is 32.1 Å². The van der Waals surface area contributed by atoms with Crippen molar-refractivity contribution in [1.29, 1.82) is 0 Å². The van der Waals surface area contributed by atoms with Crippen molar-refractivity contribution in [3.63, 3.8) is 0 Å². The van der Waals surface area contributed by atoms with Gasteiger partial charge in [0.25, 0.3) is 0 Å². The van der Waals surface area contributed by atoms with Gasteiger partial charge in [0.05, 0.1) is 29.7 Å². The SMILES string of the molecule is CCc1nn(-c2ccccc2)c2c1CN(C(=O)Nc1ccc3c(c1)OCO3)C(c1cccc(F)c1)c1cccn1-2. The van der Waals surface area contributed by atoms with E-state index < -0.39 is 6.04 Å². The van der Waals surface area contributed by atoms with Crippen LogP contribution in [0.25, 0.3) is 11.5 Å². The summed E-state index contributed by atoms with van der Waals surface area (Å²) in [7, 11) is 0. The molecule has 4 heterocycles. The number of fused-ring (bicyclic) bond motifs is 4. The van der Waals surface area contributed by atoms with Crippen LogP contribution >= 0.6 is 0 Å². The summed E-state index contributed by atoms with van der Waals surface area (Å²) in [4.78, 5) is 15.9. The summed E-state index contributed by atoms with van der Waals surface area (Å²) in [5.74, 6) is 1.71. The number of amides is 2. The summed E-state index contributed by atoms with van der Waals surface area (Å²) < 4.78 is 29.5. The van der Waals surface area contributed by atoms with Crippen molar-refractivity contribution in [2.75, 3.05) is 12.1 Å². The van der Waals surface area contributed by atoms with Crippen LogP contribution in [0.2, 0.25) is 0 Å². The van der Waals surface area contributed by atoms with Crippen molar-refractivity contribution >= 4 is 11.7 Å². The monoisotopic (exact) mass is 535 g/mol. The van der Waals surface area contributed by atoms with E-state index in [4.69, 9.17) is 14.6 Å². The average molecular weight is 536 g/mol. The smallest absolute Gasteiger partial charge is 0.322 e. The van der Waals surface area contributed by atoms with Crippen LogP contribution in [0.5, 0.6) is 11.5 Å². The molecule has 2 aliphatic rings. The van der Waals surface area contributed by atoms with E-state index in [-0.39, 0.29) is 25.2 Å². The van der Waals surface area contributed by atoms with Crippen LogP contribution < -0.4 is 14.8 Å². The Labute approximate surface area is 230 Å². The van der Waals surface area contributed by atoms with E-state index in [1.54, 1.807) is 29.2 Å². The topological polar surface area (TPSA) is 73.6 Å². The maximum atomic E-state index is 14.6. The Morgan fingerprint density at radius 1 is 1.00 bits per heavy atom. The molecular formula is C31H26FN5O3. The van der Waals surface area contributed by atoms with Gasteiger partial charge in [0, 0.05) is 23.5 Å². The minimum Gasteiger partial charge on any atom is -0.454 e. The van der Waals surface area contributed by atoms with Gasteiger partial charge in [-0.05, 0) is 60.5 Å². The normalized spacial score (nSPS) is 15.3. The second kappa shape index (κ2) is 9.60. The summed E-state index contributed by atoms with van der Waals surface area (Å²) in [5.41, 5.74) is 4.80. The number of carbonyl (C=O) groups is 1. The van der Waals surface area contributed by atoms with Crippen LogP contribution in [0.15, 0.2) is 91.1 Å². The van der Waals surface area contributed by atoms with Crippen LogP contribution in [0.4, 0.5) is 14.9 Å². The number of anilines is 1. The number of nitrogens with zero attached hydrogens (tertiary/aromatic N) is 4. The Kier molecular flexibility index (Phi) is 5.77. The minimum atomic E-state index is -0.568. The zero-order valence-corrected chi connectivity index (χ0v) is 21.8. The molecule has 0 saturated heterocycles. The highest BCUT2D eigenvalue weighted by molar-refractivity contribution is 5.90. The molecule has 1 unspecified atom stereocenters. The second-order valence-corrected chi connectivity index (χ2v) is 9.74. The number of benzene rings is 3. The Hall–Kier alpha value is -5.05. The quantitative estimate of drug-likeness (QED) is 0.296. The molecule has 2 aromatic heterocycles. The number of nitrogens with one attached hydrogen (secondary N) is 1. The van der Waals surface area contributed by atoms with E-state index in [0.29, 0.717) is 29.2 Å². The lowest BCUT2D eigenvalue weighted by molar-refractivity contribution is 0.174. The molecule has 0 bridgehead atoms. The highest BCUT2D eigenvalue weighted by Crippen LogP contribution is 2.40. The second-order valence-electron chi connectivity index (χ2n) is 9.74. The maximum absolute atomic E-state index is 14.6. The zero-order chi connectivity index (χ0) is 27.2. The van der Waals surface area contributed by atoms with Gasteiger partial charge in [0.15, 0.2) is 11.5 Å². The van der Waals surface area contributed by atoms with E-state index in [2.05, 4.69) is 16.8 Å². The van der Waals surface area contributed by atoms with Gasteiger partial charge in [0.1, 0.15) is 11.6 Å². The van der Waals surface area contributed by atoms with E-state index >= 15 is 0 Å². The highest BCUT2D eigenvalue weighted by atomic mass is 19.1. The van der Waals surface area contributed by atoms with Crippen molar-refractivity contribution in [2.24, 2.45) is 0 Å². The van der Waals surface area contributed by atoms with E-state index in [1.165, 1.54) is 12.1 Å². The zero-order valence-electron chi connectivity index (χ0n) is 21.8. The van der Waals surface area contributed by atoms with Crippen molar-refractivity contribution in [3.05, 3.63) is 119 Å². The standard InChI is InChI=1S/C31H26FN5O3/c1-2-25-24-18-36(31(38)33-22-13-14-27-28(17-22)40-19-39-27)29(20-8-6-9-21(32)16-20)26-12-7-15-35(26)30(24)37(34-25)23-10-4-3-5-11-23/h3-17,29H,2,18-19H2,1H3,(H,33,38). The molecule has 9 heteroatoms. The lowest BCUT2D eigenvalue weighted by atomic mass is 10.0. The largest absolute Gasteiger partial charge is 0.454 e. The van der Waals surface area contributed by atoms with E-state index in [0.717, 1.165) is 28.5 Å². The number of aromatic nitrogens is 3. The molecule has 40 heavy (non-hydrogen) atoms. The molecule has 3 aromatic carbocycles. The fourth-order valence-electron chi connectivity index (χ4n) is 5.55. The Morgan fingerprint density at radius 2 is 1.85 bits per heavy atom. The molecule has 200 valence electrons. The number of carbonyl (C=O) groups excluding carboxylic acids is 1. The summed E-state index contributed by atoms with van der Waals surface area (Å²) >= 11 is 0. The van der Waals surface area contributed by atoms with Crippen molar-refractivity contribution in [3.8, 4) is 23.0 Å². The first-order valence-corrected chi connectivity index (χ1v) is 13.2. The molecular weight excluding hydrogens is 509 g/mol. The van der Waals surface area contributed by atoms with Gasteiger partial charge in [-0.2, -0.15) is 5.10 Å². The number of urea groups is 1. The lowest BCUT2D eigenvalue weighted by Gasteiger charge is -2.31. The Balaban J connectivity index is 1.39. The van der Waals surface area contributed by atoms with Gasteiger partial charge in [-0.25, -0.2) is 13.9 Å². The molecule has 5 aromatic rings. The highest BCUT2D eigenvalue weighted by Gasteiger charge is 2.36. The van der Waals surface area contributed by atoms with Crippen LogP contribution in [-0.2, 0) is 13.0 Å². The number of rotatable bonds is 4. The lowest BCUT2D eigenvalue weighted by Crippen LogP contribution is -2.38. The number of para-hydroxylation sites is 1. The first-order chi connectivity index (χ1) is 19.6. The third-order valence-corrected chi connectivity index (χ3v) is 7.35. The van der Waals surface area contributed by atoms with E-state index in [1.807, 2.05) is 59.4 Å². The molecule has 0 aliphatic carbocycles. The van der Waals surface area contributed by atoms with Crippen molar-refractivity contribution in [1.82, 2.24) is 19.2 Å². The van der Waals surface area contributed by atoms with Gasteiger partial charge >= 0.3 is 6.03 Å². The molecule has 1 N–H and O–H groups in total. The number of halogens is 1. The number of ether oxygens (including phenoxy) is 2. The number of hydrogen-bond acceptors (Lipinski definition) is 4. The molecule has 0 radical (unpaired) electrons. The molecule has 0 fully saturated rings. The van der Waals surface area contributed by atoms with Gasteiger partial charge in [-0.15, -0.1) is 0 Å². The summed E-state index contributed by atoms with van der Waals surface area (Å²) in [5, 5.41) is 8.01. The van der Waals surface area contributed by atoms with Gasteiger partial charge in [-0.1, -0.05) is 37.3 Å². The van der Waals surface area contributed by atoms with Crippen LogP contribution in [0.3, 0.4) is 0 Å². The fraction of sp³-hybridized carbons (Fsp3) is 0.161. The predicted molar refractivity (Wildman–Crippen MR) is 148 cm³/mol. The number of hydrogen-bond donors (Lipinski definition) is 1. The van der Waals surface area contributed by atoms with Crippen LogP contribution in [0, 0.1) is 5.82 Å².